The highest BCUT2D eigenvalue weighted by atomic mass is 16.5. The van der Waals surface area contributed by atoms with Gasteiger partial charge < -0.3 is 14.6 Å². The Hall–Kier alpha value is -0.900. The third-order valence-electron chi connectivity index (χ3n) is 4.45. The van der Waals surface area contributed by atoms with Gasteiger partial charge in [-0.2, -0.15) is 0 Å². The molecule has 1 saturated heterocycles. The molecule has 1 aliphatic heterocycles. The Morgan fingerprint density at radius 2 is 1.95 bits per heavy atom. The van der Waals surface area contributed by atoms with Crippen molar-refractivity contribution in [3.05, 3.63) is 35.4 Å². The second-order valence-electron chi connectivity index (χ2n) is 6.27. The minimum atomic E-state index is -0.502. The first-order valence-electron chi connectivity index (χ1n) is 8.00. The van der Waals surface area contributed by atoms with E-state index in [4.69, 9.17) is 9.47 Å². The zero-order valence-electron chi connectivity index (χ0n) is 13.4. The van der Waals surface area contributed by atoms with E-state index in [0.29, 0.717) is 6.61 Å². The lowest BCUT2D eigenvalue weighted by Gasteiger charge is -2.38. The number of ether oxygens (including phenoxy) is 2. The average Bonchev–Trinajstić information content (AvgIpc) is 2.48. The highest BCUT2D eigenvalue weighted by Crippen LogP contribution is 2.25. The van der Waals surface area contributed by atoms with Crippen LogP contribution in [0.2, 0.25) is 0 Å². The number of aliphatic hydroxyl groups excluding tert-OH is 1. The van der Waals surface area contributed by atoms with E-state index < -0.39 is 6.10 Å². The van der Waals surface area contributed by atoms with Gasteiger partial charge in [0.1, 0.15) is 6.10 Å². The van der Waals surface area contributed by atoms with Crippen molar-refractivity contribution in [3.8, 4) is 0 Å². The Morgan fingerprint density at radius 3 is 2.62 bits per heavy atom. The topological polar surface area (TPSA) is 38.7 Å². The molecule has 0 radical (unpaired) electrons. The quantitative estimate of drug-likeness (QED) is 0.819. The van der Waals surface area contributed by atoms with Crippen molar-refractivity contribution in [2.24, 2.45) is 5.92 Å². The van der Waals surface area contributed by atoms with Crippen LogP contribution in [-0.4, -0.2) is 37.1 Å². The molecular weight excluding hydrogens is 264 g/mol. The summed E-state index contributed by atoms with van der Waals surface area (Å²) in [5.74, 6) is 0.258. The van der Waals surface area contributed by atoms with E-state index in [1.54, 1.807) is 7.11 Å². The molecular formula is C18H28O3. The van der Waals surface area contributed by atoms with Gasteiger partial charge in [-0.3, -0.25) is 0 Å². The summed E-state index contributed by atoms with van der Waals surface area (Å²) in [4.78, 5) is 0. The summed E-state index contributed by atoms with van der Waals surface area (Å²) >= 11 is 0. The van der Waals surface area contributed by atoms with Gasteiger partial charge in [-0.1, -0.05) is 43.2 Å². The zero-order valence-corrected chi connectivity index (χ0v) is 13.4. The summed E-state index contributed by atoms with van der Waals surface area (Å²) in [6.45, 7) is 4.85. The molecule has 1 aliphatic rings. The van der Waals surface area contributed by atoms with Crippen LogP contribution in [0.4, 0.5) is 0 Å². The van der Waals surface area contributed by atoms with Gasteiger partial charge in [-0.15, -0.1) is 0 Å². The van der Waals surface area contributed by atoms with E-state index >= 15 is 0 Å². The Bertz CT molecular complexity index is 415. The van der Waals surface area contributed by atoms with Gasteiger partial charge in [0.25, 0.3) is 0 Å². The van der Waals surface area contributed by atoms with Crippen molar-refractivity contribution in [3.63, 3.8) is 0 Å². The molecule has 1 fully saturated rings. The maximum atomic E-state index is 10.3. The summed E-state index contributed by atoms with van der Waals surface area (Å²) in [5, 5.41) is 10.3. The molecule has 1 heterocycles. The number of hydrogen-bond donors (Lipinski definition) is 1. The van der Waals surface area contributed by atoms with E-state index in [0.717, 1.165) is 25.7 Å². The van der Waals surface area contributed by atoms with Crippen molar-refractivity contribution in [1.29, 1.82) is 0 Å². The molecule has 0 bridgehead atoms. The summed E-state index contributed by atoms with van der Waals surface area (Å²) in [6, 6.07) is 8.72. The van der Waals surface area contributed by atoms with Gasteiger partial charge in [-0.25, -0.2) is 0 Å². The SMILES string of the molecule is CO[C@@H]1[C@@H](O)[C@H](CCCCc2ccc(C)cc2)OC[C@@H]1C. The second kappa shape index (κ2) is 7.92. The molecule has 21 heavy (non-hydrogen) atoms. The summed E-state index contributed by atoms with van der Waals surface area (Å²) in [7, 11) is 1.67. The number of aryl methyl sites for hydroxylation is 2. The van der Waals surface area contributed by atoms with Crippen LogP contribution in [0.1, 0.15) is 37.3 Å². The van der Waals surface area contributed by atoms with Gasteiger partial charge in [0.15, 0.2) is 0 Å². The molecule has 0 spiro atoms. The van der Waals surface area contributed by atoms with Crippen LogP contribution < -0.4 is 0 Å². The highest BCUT2D eigenvalue weighted by molar-refractivity contribution is 5.21. The third kappa shape index (κ3) is 4.53. The van der Waals surface area contributed by atoms with Crippen LogP contribution in [0.25, 0.3) is 0 Å². The number of benzene rings is 1. The minimum absolute atomic E-state index is 0.0795. The molecule has 0 aromatic heterocycles. The van der Waals surface area contributed by atoms with E-state index in [-0.39, 0.29) is 18.1 Å². The number of unbranched alkanes of at least 4 members (excludes halogenated alkanes) is 1. The number of rotatable bonds is 6. The zero-order chi connectivity index (χ0) is 15.2. The number of aliphatic hydroxyl groups is 1. The average molecular weight is 292 g/mol. The van der Waals surface area contributed by atoms with Crippen LogP contribution >= 0.6 is 0 Å². The van der Waals surface area contributed by atoms with E-state index in [9.17, 15) is 5.11 Å². The van der Waals surface area contributed by atoms with Crippen LogP contribution in [0.5, 0.6) is 0 Å². The second-order valence-corrected chi connectivity index (χ2v) is 6.27. The molecule has 2 rings (SSSR count). The first-order chi connectivity index (χ1) is 10.1. The van der Waals surface area contributed by atoms with Gasteiger partial charge in [0.05, 0.1) is 18.8 Å². The molecule has 0 unspecified atom stereocenters. The fraction of sp³-hybridized carbons (Fsp3) is 0.667. The van der Waals surface area contributed by atoms with Gasteiger partial charge >= 0.3 is 0 Å². The van der Waals surface area contributed by atoms with E-state index in [1.807, 2.05) is 0 Å². The lowest BCUT2D eigenvalue weighted by Crippen LogP contribution is -2.50. The number of hydrogen-bond acceptors (Lipinski definition) is 3. The lowest BCUT2D eigenvalue weighted by molar-refractivity contribution is -0.172. The molecule has 0 amide bonds. The van der Waals surface area contributed by atoms with E-state index in [1.165, 1.54) is 11.1 Å². The minimum Gasteiger partial charge on any atom is -0.388 e. The fourth-order valence-corrected chi connectivity index (χ4v) is 3.07. The molecule has 0 saturated carbocycles. The maximum absolute atomic E-state index is 10.3. The molecule has 1 aromatic carbocycles. The molecule has 4 atom stereocenters. The maximum Gasteiger partial charge on any atom is 0.107 e. The standard InChI is InChI=1S/C18H28O3/c1-13-8-10-15(11-9-13)6-4-5-7-16-17(19)18(20-3)14(2)12-21-16/h8-11,14,16-19H,4-7,12H2,1-3H3/t14-,16-,17-,18-/m0/s1. The van der Waals surface area contributed by atoms with Crippen LogP contribution in [0.15, 0.2) is 24.3 Å². The van der Waals surface area contributed by atoms with Gasteiger partial charge in [-0.05, 0) is 31.7 Å². The van der Waals surface area contributed by atoms with Crippen LogP contribution in [-0.2, 0) is 15.9 Å². The van der Waals surface area contributed by atoms with Crippen molar-refractivity contribution >= 4 is 0 Å². The predicted molar refractivity (Wildman–Crippen MR) is 84.4 cm³/mol. The smallest absolute Gasteiger partial charge is 0.107 e. The Labute approximate surface area is 128 Å². The molecule has 1 N–H and O–H groups in total. The molecule has 3 nitrogen and oxygen atoms in total. The summed E-state index contributed by atoms with van der Waals surface area (Å²) in [6.07, 6.45) is 3.51. The fourth-order valence-electron chi connectivity index (χ4n) is 3.07. The van der Waals surface area contributed by atoms with Crippen molar-refractivity contribution in [1.82, 2.24) is 0 Å². The van der Waals surface area contributed by atoms with Crippen LogP contribution in [0, 0.1) is 12.8 Å². The van der Waals surface area contributed by atoms with Crippen LogP contribution in [0.3, 0.4) is 0 Å². The molecule has 1 aromatic rings. The number of methoxy groups -OCH3 is 1. The van der Waals surface area contributed by atoms with Crippen molar-refractivity contribution < 1.29 is 14.6 Å². The molecule has 118 valence electrons. The first kappa shape index (κ1) is 16.5. The molecule has 0 aliphatic carbocycles. The van der Waals surface area contributed by atoms with Gasteiger partial charge in [0, 0.05) is 13.0 Å². The molecule has 3 heteroatoms. The summed E-state index contributed by atoms with van der Waals surface area (Å²) < 4.78 is 11.2. The third-order valence-corrected chi connectivity index (χ3v) is 4.45. The van der Waals surface area contributed by atoms with Crippen molar-refractivity contribution in [2.75, 3.05) is 13.7 Å². The van der Waals surface area contributed by atoms with Crippen molar-refractivity contribution in [2.45, 2.75) is 57.8 Å². The first-order valence-corrected chi connectivity index (χ1v) is 8.00. The van der Waals surface area contributed by atoms with Gasteiger partial charge in [0.2, 0.25) is 0 Å². The predicted octanol–water partition coefficient (Wildman–Crippen LogP) is 3.12. The highest BCUT2D eigenvalue weighted by Gasteiger charge is 2.36. The Balaban J connectivity index is 1.72. The Morgan fingerprint density at radius 1 is 1.24 bits per heavy atom. The summed E-state index contributed by atoms with van der Waals surface area (Å²) in [5.41, 5.74) is 2.69. The normalized spacial score (nSPS) is 29.5. The Kier molecular flexibility index (Phi) is 6.22. The largest absolute Gasteiger partial charge is 0.388 e. The van der Waals surface area contributed by atoms with E-state index in [2.05, 4.69) is 38.1 Å². The monoisotopic (exact) mass is 292 g/mol. The lowest BCUT2D eigenvalue weighted by atomic mass is 9.91.